The number of amides is 1. The number of carbonyl (C=O) groups is 1. The molecule has 1 unspecified atom stereocenters. The molecule has 1 saturated carbocycles. The molecular formula is C24H26F3N7O. The van der Waals surface area contributed by atoms with Gasteiger partial charge in [0.15, 0.2) is 0 Å². The van der Waals surface area contributed by atoms with E-state index in [1.54, 1.807) is 24.5 Å². The van der Waals surface area contributed by atoms with E-state index < -0.39 is 23.1 Å². The van der Waals surface area contributed by atoms with Gasteiger partial charge in [0.25, 0.3) is 5.91 Å². The summed E-state index contributed by atoms with van der Waals surface area (Å²) in [6, 6.07) is 6.46. The van der Waals surface area contributed by atoms with Crippen molar-refractivity contribution in [2.24, 2.45) is 33.0 Å². The molecule has 0 bridgehead atoms. The van der Waals surface area contributed by atoms with Gasteiger partial charge in [0.2, 0.25) is 0 Å². The van der Waals surface area contributed by atoms with Gasteiger partial charge in [0.1, 0.15) is 11.5 Å². The fourth-order valence-corrected chi connectivity index (χ4v) is 5.16. The molecule has 0 spiro atoms. The molecule has 1 aliphatic heterocycles. The number of rotatable bonds is 5. The Bertz CT molecular complexity index is 1240. The van der Waals surface area contributed by atoms with Gasteiger partial charge in [-0.05, 0) is 43.7 Å². The van der Waals surface area contributed by atoms with E-state index >= 15 is 0 Å². The van der Waals surface area contributed by atoms with Gasteiger partial charge in [-0.25, -0.2) is 4.99 Å². The molecule has 35 heavy (non-hydrogen) atoms. The summed E-state index contributed by atoms with van der Waals surface area (Å²) in [4.78, 5) is 25.3. The maximum atomic E-state index is 13.0. The summed E-state index contributed by atoms with van der Waals surface area (Å²) < 4.78 is 38.9. The number of nitrogens with one attached hydrogen (secondary N) is 3. The Morgan fingerprint density at radius 2 is 2.06 bits per heavy atom. The van der Waals surface area contributed by atoms with Crippen LogP contribution in [0.15, 0.2) is 46.5 Å². The minimum Gasteiger partial charge on any atom is -0.387 e. The van der Waals surface area contributed by atoms with Crippen LogP contribution in [-0.2, 0) is 6.18 Å². The first-order valence-corrected chi connectivity index (χ1v) is 11.0. The molecule has 2 aromatic rings. The standard InChI is InChI=1S/C24H26F3N7O/c1-13-4-5-15(33-20(35)17-8-14(6-7-31-17)24(25,26)27)9-16(13)34-21(29)22(2)18(10-28)23(3)19(22)11-30-12-32-23/h4-10,12,18-19,28H,11H2,1-3H3,(H2,29,34)(H,30,32)(H,33,35)/t18-,19-,22-,23?/m0/s1. The number of fused-ring (bicyclic) bond motifs is 1. The van der Waals surface area contributed by atoms with Gasteiger partial charge in [0, 0.05) is 47.4 Å². The molecule has 2 heterocycles. The average Bonchev–Trinajstić information content (AvgIpc) is 2.80. The maximum Gasteiger partial charge on any atom is 0.416 e. The normalized spacial score (nSPS) is 27.9. The predicted molar refractivity (Wildman–Crippen MR) is 128 cm³/mol. The third kappa shape index (κ3) is 4.04. The molecular weight excluding hydrogens is 459 g/mol. The van der Waals surface area contributed by atoms with E-state index in [1.807, 2.05) is 20.8 Å². The Hall–Kier alpha value is -3.76. The van der Waals surface area contributed by atoms with Crippen LogP contribution in [0.3, 0.4) is 0 Å². The second-order valence-electron chi connectivity index (χ2n) is 9.28. The van der Waals surface area contributed by atoms with Crippen LogP contribution in [-0.4, -0.2) is 41.4 Å². The number of aliphatic imine (C=N–C) groups is 2. The summed E-state index contributed by atoms with van der Waals surface area (Å²) in [6.07, 6.45) is -0.588. The minimum atomic E-state index is -4.58. The van der Waals surface area contributed by atoms with E-state index in [4.69, 9.17) is 11.1 Å². The topological polar surface area (TPSA) is 129 Å². The van der Waals surface area contributed by atoms with E-state index in [2.05, 4.69) is 25.6 Å². The van der Waals surface area contributed by atoms with Gasteiger partial charge in [0.05, 0.1) is 17.6 Å². The van der Waals surface area contributed by atoms with Crippen molar-refractivity contribution >= 4 is 35.7 Å². The number of nitrogens with zero attached hydrogens (tertiary/aromatic N) is 3. The molecule has 1 aliphatic carbocycles. The van der Waals surface area contributed by atoms with Crippen LogP contribution >= 0.6 is 0 Å². The minimum absolute atomic E-state index is 0.0329. The number of halogens is 3. The van der Waals surface area contributed by atoms with Crippen LogP contribution in [0.25, 0.3) is 0 Å². The number of benzene rings is 1. The molecule has 0 saturated heterocycles. The fourth-order valence-electron chi connectivity index (χ4n) is 5.16. The Balaban J connectivity index is 1.60. The Morgan fingerprint density at radius 3 is 2.74 bits per heavy atom. The number of pyridine rings is 1. The zero-order valence-corrected chi connectivity index (χ0v) is 19.4. The molecule has 8 nitrogen and oxygen atoms in total. The van der Waals surface area contributed by atoms with Crippen molar-refractivity contribution in [1.29, 1.82) is 5.41 Å². The summed E-state index contributed by atoms with van der Waals surface area (Å²) in [5, 5.41) is 13.8. The zero-order chi connectivity index (χ0) is 25.6. The Labute approximate surface area is 200 Å². The van der Waals surface area contributed by atoms with Gasteiger partial charge < -0.3 is 21.8 Å². The lowest BCUT2D eigenvalue weighted by molar-refractivity contribution is -0.137. The van der Waals surface area contributed by atoms with Crippen LogP contribution in [0.4, 0.5) is 24.5 Å². The van der Waals surface area contributed by atoms with Gasteiger partial charge in [-0.3, -0.25) is 14.8 Å². The summed E-state index contributed by atoms with van der Waals surface area (Å²) in [6.45, 7) is 6.40. The van der Waals surface area contributed by atoms with Crippen molar-refractivity contribution in [1.82, 2.24) is 10.3 Å². The second-order valence-corrected chi connectivity index (χ2v) is 9.28. The van der Waals surface area contributed by atoms with Crippen LogP contribution in [0, 0.1) is 29.6 Å². The first-order valence-electron chi connectivity index (χ1n) is 11.0. The summed E-state index contributed by atoms with van der Waals surface area (Å²) >= 11 is 0. The molecule has 2 aliphatic rings. The Morgan fingerprint density at radius 1 is 1.31 bits per heavy atom. The zero-order valence-electron chi connectivity index (χ0n) is 19.4. The first kappa shape index (κ1) is 24.4. The molecule has 184 valence electrons. The maximum absolute atomic E-state index is 13.0. The number of aryl methyl sites for hydroxylation is 1. The smallest absolute Gasteiger partial charge is 0.387 e. The van der Waals surface area contributed by atoms with E-state index in [-0.39, 0.29) is 23.1 Å². The molecule has 4 rings (SSSR count). The fraction of sp³-hybridized carbons (Fsp3) is 0.375. The molecule has 4 atom stereocenters. The molecule has 1 aromatic carbocycles. The van der Waals surface area contributed by atoms with Crippen LogP contribution < -0.4 is 16.4 Å². The number of anilines is 1. The van der Waals surface area contributed by atoms with Crippen LogP contribution in [0.2, 0.25) is 0 Å². The van der Waals surface area contributed by atoms with Gasteiger partial charge >= 0.3 is 6.18 Å². The summed E-state index contributed by atoms with van der Waals surface area (Å²) in [7, 11) is 0. The number of alkyl halides is 3. The lowest BCUT2D eigenvalue weighted by Gasteiger charge is -2.65. The SMILES string of the molecule is Cc1ccc(NC(=O)c2cc(C(F)(F)F)ccn2)cc1N=C(N)[C@@]1(C)[C@H](C=N)C2(C)NC=NC[C@H]21. The summed E-state index contributed by atoms with van der Waals surface area (Å²) in [5.41, 5.74) is 5.88. The molecule has 1 amide bonds. The first-order chi connectivity index (χ1) is 16.4. The number of hydrogen-bond acceptors (Lipinski definition) is 6. The molecule has 1 fully saturated rings. The lowest BCUT2D eigenvalue weighted by Crippen LogP contribution is -2.78. The second kappa shape index (κ2) is 8.47. The number of nitrogens with two attached hydrogens (primary N) is 1. The lowest BCUT2D eigenvalue weighted by atomic mass is 9.43. The van der Waals surface area contributed by atoms with Gasteiger partial charge in [-0.1, -0.05) is 13.0 Å². The molecule has 0 radical (unpaired) electrons. The molecule has 11 heteroatoms. The molecule has 5 N–H and O–H groups in total. The third-order valence-electron chi connectivity index (χ3n) is 7.24. The number of carbonyl (C=O) groups excluding carboxylic acids is 1. The largest absolute Gasteiger partial charge is 0.416 e. The highest BCUT2D eigenvalue weighted by atomic mass is 19.4. The van der Waals surface area contributed by atoms with Gasteiger partial charge in [-0.2, -0.15) is 13.2 Å². The number of amidine groups is 1. The highest BCUT2D eigenvalue weighted by Crippen LogP contribution is 2.58. The van der Waals surface area contributed by atoms with Gasteiger partial charge in [-0.15, -0.1) is 0 Å². The van der Waals surface area contributed by atoms with Crippen molar-refractivity contribution in [2.75, 3.05) is 11.9 Å². The quantitative estimate of drug-likeness (QED) is 0.378. The molecule has 1 aromatic heterocycles. The van der Waals surface area contributed by atoms with Crippen molar-refractivity contribution in [2.45, 2.75) is 32.5 Å². The predicted octanol–water partition coefficient (Wildman–Crippen LogP) is 3.94. The third-order valence-corrected chi connectivity index (χ3v) is 7.24. The van der Waals surface area contributed by atoms with E-state index in [0.717, 1.165) is 17.8 Å². The summed E-state index contributed by atoms with van der Waals surface area (Å²) in [5.74, 6) is -0.603. The van der Waals surface area contributed by atoms with Crippen molar-refractivity contribution in [3.05, 3.63) is 53.3 Å². The highest BCUT2D eigenvalue weighted by Gasteiger charge is 2.68. The highest BCUT2D eigenvalue weighted by molar-refractivity contribution is 6.03. The number of aromatic nitrogens is 1. The average molecular weight is 486 g/mol. The van der Waals surface area contributed by atoms with E-state index in [0.29, 0.717) is 29.8 Å². The van der Waals surface area contributed by atoms with Crippen LogP contribution in [0.1, 0.15) is 35.5 Å². The van der Waals surface area contributed by atoms with Crippen LogP contribution in [0.5, 0.6) is 0 Å². The van der Waals surface area contributed by atoms with Crippen molar-refractivity contribution < 1.29 is 18.0 Å². The van der Waals surface area contributed by atoms with E-state index in [1.165, 1.54) is 6.21 Å². The monoisotopic (exact) mass is 485 g/mol. The number of hydrogen-bond donors (Lipinski definition) is 4. The Kier molecular flexibility index (Phi) is 5.90. The van der Waals surface area contributed by atoms with Crippen molar-refractivity contribution in [3.63, 3.8) is 0 Å². The van der Waals surface area contributed by atoms with E-state index in [9.17, 15) is 18.0 Å². The van der Waals surface area contributed by atoms with Crippen molar-refractivity contribution in [3.8, 4) is 0 Å².